The third-order valence-electron chi connectivity index (χ3n) is 1.74. The van der Waals surface area contributed by atoms with E-state index in [9.17, 15) is 18.0 Å². The van der Waals surface area contributed by atoms with Crippen molar-refractivity contribution in [3.63, 3.8) is 0 Å². The van der Waals surface area contributed by atoms with Crippen LogP contribution in [-0.4, -0.2) is 16.6 Å². The van der Waals surface area contributed by atoms with Crippen LogP contribution in [0.5, 0.6) is 0 Å². The highest BCUT2D eigenvalue weighted by Crippen LogP contribution is 2.22. The number of ether oxygens (including phenoxy) is 1. The van der Waals surface area contributed by atoms with Gasteiger partial charge in [0.05, 0.1) is 11.1 Å². The highest BCUT2D eigenvalue weighted by atomic mass is 19.3. The molecule has 6 heteroatoms. The molecule has 0 bridgehead atoms. The predicted octanol–water partition coefficient (Wildman–Crippen LogP) is 3.11. The summed E-state index contributed by atoms with van der Waals surface area (Å²) in [5, 5.41) is 0. The van der Waals surface area contributed by atoms with Crippen molar-refractivity contribution < 1.29 is 22.7 Å². The first-order valence-corrected chi connectivity index (χ1v) is 4.87. The second-order valence-corrected chi connectivity index (χ2v) is 4.41. The maximum absolute atomic E-state index is 12.9. The van der Waals surface area contributed by atoms with Crippen molar-refractivity contribution in [3.05, 3.63) is 29.3 Å². The van der Waals surface area contributed by atoms with Crippen molar-refractivity contribution in [2.75, 3.05) is 0 Å². The van der Waals surface area contributed by atoms with Crippen LogP contribution in [0.2, 0.25) is 0 Å². The zero-order chi connectivity index (χ0) is 13.2. The maximum atomic E-state index is 12.9. The number of alkyl halides is 2. The van der Waals surface area contributed by atoms with Crippen LogP contribution in [-0.2, 0) is 4.74 Å². The van der Waals surface area contributed by atoms with Gasteiger partial charge in [0, 0.05) is 6.20 Å². The Morgan fingerprint density at radius 3 is 2.47 bits per heavy atom. The smallest absolute Gasteiger partial charge is 0.340 e. The average Bonchev–Trinajstić information content (AvgIpc) is 2.14. The summed E-state index contributed by atoms with van der Waals surface area (Å²) in [6.07, 6.45) is -2.15. The van der Waals surface area contributed by atoms with Crippen LogP contribution in [0.25, 0.3) is 0 Å². The lowest BCUT2D eigenvalue weighted by Crippen LogP contribution is -2.24. The average molecular weight is 247 g/mol. The Balaban J connectivity index is 3.00. The van der Waals surface area contributed by atoms with Crippen molar-refractivity contribution >= 4 is 5.97 Å². The van der Waals surface area contributed by atoms with Crippen LogP contribution in [0.3, 0.4) is 0 Å². The van der Waals surface area contributed by atoms with Gasteiger partial charge in [-0.2, -0.15) is 4.39 Å². The number of hydrogen-bond acceptors (Lipinski definition) is 3. The second-order valence-electron chi connectivity index (χ2n) is 4.41. The van der Waals surface area contributed by atoms with E-state index in [-0.39, 0.29) is 5.56 Å². The second kappa shape index (κ2) is 4.73. The van der Waals surface area contributed by atoms with Crippen LogP contribution >= 0.6 is 0 Å². The zero-order valence-electron chi connectivity index (χ0n) is 9.63. The fourth-order valence-corrected chi connectivity index (χ4v) is 1.07. The summed E-state index contributed by atoms with van der Waals surface area (Å²) in [7, 11) is 0. The van der Waals surface area contributed by atoms with Gasteiger partial charge in [0.25, 0.3) is 6.43 Å². The Bertz CT molecular complexity index is 427. The lowest BCUT2D eigenvalue weighted by molar-refractivity contribution is 0.00686. The zero-order valence-corrected chi connectivity index (χ0v) is 9.63. The highest BCUT2D eigenvalue weighted by Gasteiger charge is 2.21. The summed E-state index contributed by atoms with van der Waals surface area (Å²) in [6, 6.07) is 0.751. The van der Waals surface area contributed by atoms with Gasteiger partial charge in [-0.3, -0.25) is 0 Å². The Morgan fingerprint density at radius 1 is 1.41 bits per heavy atom. The number of carbonyl (C=O) groups is 1. The van der Waals surface area contributed by atoms with E-state index in [1.54, 1.807) is 20.8 Å². The molecule has 0 radical (unpaired) electrons. The van der Waals surface area contributed by atoms with Gasteiger partial charge >= 0.3 is 5.97 Å². The Morgan fingerprint density at radius 2 is 2.00 bits per heavy atom. The number of nitrogens with zero attached hydrogens (tertiary/aromatic N) is 1. The molecule has 0 saturated carbocycles. The molecule has 17 heavy (non-hydrogen) atoms. The molecular weight excluding hydrogens is 235 g/mol. The summed E-state index contributed by atoms with van der Waals surface area (Å²) in [5.74, 6) is -2.10. The molecular formula is C11H12F3NO2. The maximum Gasteiger partial charge on any atom is 0.340 e. The first kappa shape index (κ1) is 13.5. The molecule has 94 valence electrons. The lowest BCUT2D eigenvalue weighted by Gasteiger charge is -2.19. The SMILES string of the molecule is CC(C)(C)OC(=O)c1cnc(F)c(C(F)F)c1. The molecule has 0 aliphatic rings. The molecule has 3 nitrogen and oxygen atoms in total. The topological polar surface area (TPSA) is 39.2 Å². The molecule has 1 heterocycles. The molecule has 0 aromatic carbocycles. The minimum absolute atomic E-state index is 0.198. The molecule has 0 fully saturated rings. The van der Waals surface area contributed by atoms with Crippen molar-refractivity contribution in [3.8, 4) is 0 Å². The Kier molecular flexibility index (Phi) is 3.75. The minimum Gasteiger partial charge on any atom is -0.456 e. The lowest BCUT2D eigenvalue weighted by atomic mass is 10.1. The largest absolute Gasteiger partial charge is 0.456 e. The third kappa shape index (κ3) is 3.72. The fourth-order valence-electron chi connectivity index (χ4n) is 1.07. The van der Waals surface area contributed by atoms with Crippen molar-refractivity contribution in [2.24, 2.45) is 0 Å². The van der Waals surface area contributed by atoms with Crippen LogP contribution in [0.4, 0.5) is 13.2 Å². The fraction of sp³-hybridized carbons (Fsp3) is 0.455. The molecule has 1 aromatic heterocycles. The van der Waals surface area contributed by atoms with Crippen molar-refractivity contribution in [1.82, 2.24) is 4.98 Å². The number of rotatable bonds is 2. The summed E-state index contributed by atoms with van der Waals surface area (Å²) in [4.78, 5) is 14.6. The van der Waals surface area contributed by atoms with Gasteiger partial charge in [-0.15, -0.1) is 0 Å². The first-order valence-electron chi connectivity index (χ1n) is 4.87. The standard InChI is InChI=1S/C11H12F3NO2/c1-11(2,3)17-10(16)6-4-7(8(12)13)9(14)15-5-6/h4-5,8H,1-3H3. The van der Waals surface area contributed by atoms with Crippen molar-refractivity contribution in [2.45, 2.75) is 32.8 Å². The van der Waals surface area contributed by atoms with Crippen LogP contribution in [0.1, 0.15) is 43.1 Å². The molecule has 1 rings (SSSR count). The number of pyridine rings is 1. The van der Waals surface area contributed by atoms with E-state index in [2.05, 4.69) is 4.98 Å². The number of hydrogen-bond donors (Lipinski definition) is 0. The first-order chi connectivity index (χ1) is 7.70. The Hall–Kier alpha value is -1.59. The van der Waals surface area contributed by atoms with Gasteiger partial charge < -0.3 is 4.74 Å². The van der Waals surface area contributed by atoms with Crippen molar-refractivity contribution in [1.29, 1.82) is 0 Å². The van der Waals surface area contributed by atoms with Gasteiger partial charge in [0.2, 0.25) is 5.95 Å². The number of halogens is 3. The summed E-state index contributed by atoms with van der Waals surface area (Å²) >= 11 is 0. The van der Waals surface area contributed by atoms with Crippen LogP contribution < -0.4 is 0 Å². The molecule has 0 atom stereocenters. The van der Waals surface area contributed by atoms with Crippen LogP contribution in [0, 0.1) is 5.95 Å². The third-order valence-corrected chi connectivity index (χ3v) is 1.74. The van der Waals surface area contributed by atoms with Gasteiger partial charge in [-0.1, -0.05) is 0 Å². The molecule has 0 unspecified atom stereocenters. The Labute approximate surface area is 96.6 Å². The quantitative estimate of drug-likeness (QED) is 0.595. The van der Waals surface area contributed by atoms with E-state index in [0.29, 0.717) is 0 Å². The van der Waals surface area contributed by atoms with E-state index in [1.807, 2.05) is 0 Å². The van der Waals surface area contributed by atoms with E-state index >= 15 is 0 Å². The van der Waals surface area contributed by atoms with Gasteiger partial charge in [-0.25, -0.2) is 18.6 Å². The van der Waals surface area contributed by atoms with Crippen LogP contribution in [0.15, 0.2) is 12.3 Å². The van der Waals surface area contributed by atoms with Gasteiger partial charge in [0.15, 0.2) is 0 Å². The number of aromatic nitrogens is 1. The molecule has 1 aromatic rings. The highest BCUT2D eigenvalue weighted by molar-refractivity contribution is 5.89. The monoisotopic (exact) mass is 247 g/mol. The number of carbonyl (C=O) groups excluding carboxylic acids is 1. The molecule has 0 spiro atoms. The van der Waals surface area contributed by atoms with E-state index in [4.69, 9.17) is 4.74 Å². The summed E-state index contributed by atoms with van der Waals surface area (Å²) in [5.41, 5.74) is -1.86. The normalized spacial score (nSPS) is 11.7. The van der Waals surface area contributed by atoms with E-state index < -0.39 is 29.5 Å². The summed E-state index contributed by atoms with van der Waals surface area (Å²) < 4.78 is 42.6. The van der Waals surface area contributed by atoms with E-state index in [1.165, 1.54) is 0 Å². The number of esters is 1. The molecule has 0 aliphatic carbocycles. The molecule has 0 aliphatic heterocycles. The van der Waals surface area contributed by atoms with E-state index in [0.717, 1.165) is 12.3 Å². The molecule has 0 N–H and O–H groups in total. The van der Waals surface area contributed by atoms with Gasteiger partial charge in [-0.05, 0) is 26.8 Å². The molecule has 0 saturated heterocycles. The minimum atomic E-state index is -3.02. The van der Waals surface area contributed by atoms with Gasteiger partial charge in [0.1, 0.15) is 5.60 Å². The predicted molar refractivity (Wildman–Crippen MR) is 54.3 cm³/mol. The summed E-state index contributed by atoms with van der Waals surface area (Å²) in [6.45, 7) is 4.90. The molecule has 0 amide bonds.